The number of fused-ring (bicyclic) bond motifs is 1. The molecule has 0 spiro atoms. The predicted molar refractivity (Wildman–Crippen MR) is 105 cm³/mol. The monoisotopic (exact) mass is 417 g/mol. The van der Waals surface area contributed by atoms with Crippen LogP contribution < -0.4 is 11.1 Å². The first-order valence-corrected chi connectivity index (χ1v) is 11.0. The van der Waals surface area contributed by atoms with Gasteiger partial charge >= 0.3 is 6.03 Å². The fourth-order valence-electron chi connectivity index (χ4n) is 3.58. The Balaban J connectivity index is 1.34. The molecule has 1 fully saturated rings. The molecule has 0 radical (unpaired) electrons. The first-order chi connectivity index (χ1) is 13.9. The topological polar surface area (TPSA) is 128 Å². The van der Waals surface area contributed by atoms with Gasteiger partial charge in [0.2, 0.25) is 5.95 Å². The minimum atomic E-state index is -3.36. The summed E-state index contributed by atoms with van der Waals surface area (Å²) in [6.07, 6.45) is 2.69. The van der Waals surface area contributed by atoms with E-state index in [1.54, 1.807) is 35.4 Å². The molecule has 2 aliphatic heterocycles. The molecular weight excluding hydrogens is 394 g/mol. The lowest BCUT2D eigenvalue weighted by Gasteiger charge is -2.22. The normalized spacial score (nSPS) is 17.2. The zero-order valence-electron chi connectivity index (χ0n) is 15.9. The zero-order valence-corrected chi connectivity index (χ0v) is 16.7. The van der Waals surface area contributed by atoms with Gasteiger partial charge in [-0.25, -0.2) is 23.2 Å². The summed E-state index contributed by atoms with van der Waals surface area (Å²) in [6, 6.07) is 6.46. The number of nitrogens with zero attached hydrogens (tertiary/aromatic N) is 3. The van der Waals surface area contributed by atoms with Gasteiger partial charge in [0.1, 0.15) is 0 Å². The number of carbonyl (C=O) groups is 1. The van der Waals surface area contributed by atoms with Crippen molar-refractivity contribution in [3.8, 4) is 0 Å². The maximum Gasteiger partial charge on any atom is 0.318 e. The summed E-state index contributed by atoms with van der Waals surface area (Å²) in [4.78, 5) is 22.5. The van der Waals surface area contributed by atoms with Crippen molar-refractivity contribution in [3.63, 3.8) is 0 Å². The van der Waals surface area contributed by atoms with Crippen LogP contribution in [0.2, 0.25) is 0 Å². The highest BCUT2D eigenvalue weighted by Gasteiger charge is 2.29. The van der Waals surface area contributed by atoms with Crippen LogP contribution in [0.5, 0.6) is 0 Å². The van der Waals surface area contributed by atoms with Crippen molar-refractivity contribution in [1.29, 1.82) is 0 Å². The van der Waals surface area contributed by atoms with Gasteiger partial charge < -0.3 is 20.7 Å². The Bertz CT molecular complexity index is 1000. The second kappa shape index (κ2) is 7.96. The first-order valence-electron chi connectivity index (χ1n) is 9.47. The first kappa shape index (κ1) is 19.6. The average molecular weight is 417 g/mol. The van der Waals surface area contributed by atoms with Crippen molar-refractivity contribution in [2.45, 2.75) is 42.6 Å². The van der Waals surface area contributed by atoms with Gasteiger partial charge in [0.15, 0.2) is 9.84 Å². The Morgan fingerprint density at radius 1 is 1.21 bits per heavy atom. The molecular formula is C19H23N5O4S. The van der Waals surface area contributed by atoms with Crippen LogP contribution >= 0.6 is 0 Å². The summed E-state index contributed by atoms with van der Waals surface area (Å²) >= 11 is 0. The van der Waals surface area contributed by atoms with Crippen LogP contribution in [0.3, 0.4) is 0 Å². The van der Waals surface area contributed by atoms with Crippen molar-refractivity contribution in [3.05, 3.63) is 47.3 Å². The highest BCUT2D eigenvalue weighted by molar-refractivity contribution is 7.92. The quantitative estimate of drug-likeness (QED) is 0.766. The highest BCUT2D eigenvalue weighted by Crippen LogP contribution is 2.24. The van der Waals surface area contributed by atoms with Gasteiger partial charge in [0.25, 0.3) is 0 Å². The Morgan fingerprint density at radius 3 is 2.66 bits per heavy atom. The number of hydrogen-bond donors (Lipinski definition) is 2. The smallest absolute Gasteiger partial charge is 0.318 e. The van der Waals surface area contributed by atoms with E-state index in [1.165, 1.54) is 0 Å². The zero-order chi connectivity index (χ0) is 20.4. The Morgan fingerprint density at radius 2 is 1.93 bits per heavy atom. The van der Waals surface area contributed by atoms with Gasteiger partial charge in [-0.15, -0.1) is 0 Å². The average Bonchev–Trinajstić information content (AvgIpc) is 3.16. The number of nitrogen functional groups attached to an aromatic ring is 1. The molecule has 4 rings (SSSR count). The number of sulfone groups is 1. The lowest BCUT2D eigenvalue weighted by Crippen LogP contribution is -2.36. The van der Waals surface area contributed by atoms with Crippen LogP contribution in [0.4, 0.5) is 10.7 Å². The van der Waals surface area contributed by atoms with E-state index in [0.29, 0.717) is 50.6 Å². The van der Waals surface area contributed by atoms with Crippen LogP contribution in [0, 0.1) is 0 Å². The fourth-order valence-corrected chi connectivity index (χ4v) is 5.29. The highest BCUT2D eigenvalue weighted by atomic mass is 32.2. The molecule has 3 heterocycles. The number of urea groups is 1. The van der Waals surface area contributed by atoms with Gasteiger partial charge in [0, 0.05) is 31.5 Å². The van der Waals surface area contributed by atoms with E-state index in [-0.39, 0.29) is 12.0 Å². The largest absolute Gasteiger partial charge is 0.381 e. The third kappa shape index (κ3) is 4.18. The number of anilines is 1. The molecule has 0 aliphatic carbocycles. The number of rotatable bonds is 4. The number of hydrogen-bond acceptors (Lipinski definition) is 7. The number of nitrogens with one attached hydrogen (secondary N) is 1. The molecule has 10 heteroatoms. The van der Waals surface area contributed by atoms with E-state index in [0.717, 1.165) is 16.8 Å². The van der Waals surface area contributed by atoms with Crippen LogP contribution in [0.15, 0.2) is 35.4 Å². The summed E-state index contributed by atoms with van der Waals surface area (Å²) < 4.78 is 30.7. The van der Waals surface area contributed by atoms with Gasteiger partial charge in [-0.1, -0.05) is 12.1 Å². The molecule has 2 amide bonds. The van der Waals surface area contributed by atoms with E-state index in [1.807, 2.05) is 0 Å². The molecule has 0 saturated carbocycles. The second-order valence-corrected chi connectivity index (χ2v) is 9.44. The predicted octanol–water partition coefficient (Wildman–Crippen LogP) is 1.24. The molecule has 0 unspecified atom stereocenters. The van der Waals surface area contributed by atoms with Crippen molar-refractivity contribution in [1.82, 2.24) is 20.2 Å². The van der Waals surface area contributed by atoms with E-state index in [2.05, 4.69) is 15.3 Å². The minimum absolute atomic E-state index is 0.196. The van der Waals surface area contributed by atoms with Crippen LogP contribution in [0.1, 0.15) is 29.7 Å². The number of nitrogens with two attached hydrogens (primary N) is 1. The van der Waals surface area contributed by atoms with E-state index >= 15 is 0 Å². The van der Waals surface area contributed by atoms with Gasteiger partial charge in [-0.05, 0) is 30.5 Å². The second-order valence-electron chi connectivity index (χ2n) is 7.22. The molecule has 29 heavy (non-hydrogen) atoms. The van der Waals surface area contributed by atoms with Crippen LogP contribution in [-0.2, 0) is 34.2 Å². The molecule has 1 aromatic carbocycles. The number of carbonyl (C=O) groups excluding carboxylic acids is 1. The van der Waals surface area contributed by atoms with Gasteiger partial charge in [0.05, 0.1) is 28.9 Å². The fraction of sp³-hybridized carbons (Fsp3) is 0.421. The van der Waals surface area contributed by atoms with Crippen molar-refractivity contribution >= 4 is 21.8 Å². The molecule has 9 nitrogen and oxygen atoms in total. The Hall–Kier alpha value is -2.72. The number of benzene rings is 1. The third-order valence-corrected chi connectivity index (χ3v) is 7.54. The molecule has 0 atom stereocenters. The molecule has 2 aliphatic rings. The Kier molecular flexibility index (Phi) is 5.37. The van der Waals surface area contributed by atoms with Crippen molar-refractivity contribution < 1.29 is 17.9 Å². The number of aromatic nitrogens is 2. The maximum absolute atomic E-state index is 12.7. The van der Waals surface area contributed by atoms with E-state index in [9.17, 15) is 13.2 Å². The van der Waals surface area contributed by atoms with Crippen molar-refractivity contribution in [2.75, 3.05) is 18.9 Å². The summed E-state index contributed by atoms with van der Waals surface area (Å²) in [5, 5.41) is 2.46. The molecule has 1 aromatic heterocycles. The number of amides is 2. The van der Waals surface area contributed by atoms with E-state index in [4.69, 9.17) is 10.5 Å². The lowest BCUT2D eigenvalue weighted by atomic mass is 10.2. The van der Waals surface area contributed by atoms with Crippen molar-refractivity contribution in [2.24, 2.45) is 0 Å². The Labute approximate surface area is 169 Å². The lowest BCUT2D eigenvalue weighted by molar-refractivity contribution is 0.0983. The SMILES string of the molecule is Nc1ncc2c(n1)CN(C(=O)NCc1ccc(S(=O)(=O)C3CCOCC3)cc1)C2. The molecule has 154 valence electrons. The standard InChI is InChI=1S/C19H23N5O4S/c20-18-21-10-14-11-24(12-17(14)23-18)19(25)22-9-13-1-3-15(4-2-13)29(26,27)16-5-7-28-8-6-16/h1-4,10,16H,5-9,11-12H2,(H,22,25)(H2,20,21,23). The van der Waals surface area contributed by atoms with Crippen LogP contribution in [-0.4, -0.2) is 47.8 Å². The summed E-state index contributed by atoms with van der Waals surface area (Å²) in [6.45, 7) is 2.08. The third-order valence-electron chi connectivity index (χ3n) is 5.26. The molecule has 2 aromatic rings. The summed E-state index contributed by atoms with van der Waals surface area (Å²) in [7, 11) is -3.36. The van der Waals surface area contributed by atoms with Gasteiger partial charge in [-0.2, -0.15) is 0 Å². The van der Waals surface area contributed by atoms with Crippen LogP contribution in [0.25, 0.3) is 0 Å². The number of ether oxygens (including phenoxy) is 1. The molecule has 1 saturated heterocycles. The van der Waals surface area contributed by atoms with E-state index < -0.39 is 15.1 Å². The maximum atomic E-state index is 12.7. The summed E-state index contributed by atoms with van der Waals surface area (Å²) in [5.74, 6) is 0.196. The minimum Gasteiger partial charge on any atom is -0.381 e. The summed E-state index contributed by atoms with van der Waals surface area (Å²) in [5.41, 5.74) is 8.06. The molecule has 3 N–H and O–H groups in total. The van der Waals surface area contributed by atoms with Gasteiger partial charge in [-0.3, -0.25) is 0 Å². The molecule has 0 bridgehead atoms.